The number of thiazole rings is 1. The molecule has 9 heteroatoms. The lowest BCUT2D eigenvalue weighted by Gasteiger charge is -2.04. The molecule has 4 aromatic rings. The number of rotatable bonds is 5. The molecule has 0 bridgehead atoms. The number of nitrogens with zero attached hydrogens (tertiary/aromatic N) is 1. The van der Waals surface area contributed by atoms with E-state index in [1.165, 1.54) is 35.6 Å². The van der Waals surface area contributed by atoms with E-state index in [2.05, 4.69) is 26.2 Å². The molecule has 0 saturated heterocycles. The summed E-state index contributed by atoms with van der Waals surface area (Å²) in [4.78, 5) is 18.2. The van der Waals surface area contributed by atoms with Gasteiger partial charge in [-0.15, -0.1) is 0 Å². The zero-order valence-corrected chi connectivity index (χ0v) is 19.9. The largest absolute Gasteiger partial charge is 0.298 e. The Kier molecular flexibility index (Phi) is 6.23. The fourth-order valence-electron chi connectivity index (χ4n) is 3.00. The summed E-state index contributed by atoms with van der Waals surface area (Å²) in [7, 11) is -3.33. The van der Waals surface area contributed by atoms with Crippen LogP contribution in [0.5, 0.6) is 0 Å². The van der Waals surface area contributed by atoms with Crippen LogP contribution in [0.2, 0.25) is 0 Å². The van der Waals surface area contributed by atoms with Gasteiger partial charge in [-0.2, -0.15) is 0 Å². The average molecular weight is 531 g/mol. The van der Waals surface area contributed by atoms with E-state index in [1.54, 1.807) is 48.5 Å². The van der Waals surface area contributed by atoms with Crippen molar-refractivity contribution in [3.8, 4) is 21.7 Å². The molecule has 0 aliphatic rings. The van der Waals surface area contributed by atoms with Gasteiger partial charge in [0.05, 0.1) is 15.5 Å². The number of nitrogens with one attached hydrogen (secondary N) is 1. The van der Waals surface area contributed by atoms with Crippen molar-refractivity contribution in [2.75, 3.05) is 11.6 Å². The minimum atomic E-state index is -3.33. The lowest BCUT2D eigenvalue weighted by molar-refractivity contribution is 0.102. The lowest BCUT2D eigenvalue weighted by Crippen LogP contribution is -2.11. The van der Waals surface area contributed by atoms with E-state index < -0.39 is 9.84 Å². The fraction of sp³-hybridized carbons (Fsp3) is 0.0435. The second kappa shape index (κ2) is 8.93. The van der Waals surface area contributed by atoms with Crippen molar-refractivity contribution in [1.82, 2.24) is 4.98 Å². The van der Waals surface area contributed by atoms with Gasteiger partial charge in [-0.25, -0.2) is 17.8 Å². The maximum absolute atomic E-state index is 13.4. The molecule has 0 aliphatic heterocycles. The third-order valence-corrected chi connectivity index (χ3v) is 7.29. The van der Waals surface area contributed by atoms with Gasteiger partial charge >= 0.3 is 0 Å². The number of anilines is 1. The number of aromatic nitrogens is 1. The number of hydrogen-bond acceptors (Lipinski definition) is 5. The number of benzene rings is 3. The van der Waals surface area contributed by atoms with Crippen molar-refractivity contribution >= 4 is 48.1 Å². The van der Waals surface area contributed by atoms with E-state index in [0.29, 0.717) is 22.0 Å². The van der Waals surface area contributed by atoms with Gasteiger partial charge in [0.1, 0.15) is 5.82 Å². The van der Waals surface area contributed by atoms with E-state index in [1.807, 2.05) is 0 Å². The Labute approximate surface area is 197 Å². The van der Waals surface area contributed by atoms with Crippen molar-refractivity contribution in [3.63, 3.8) is 0 Å². The summed E-state index contributed by atoms with van der Waals surface area (Å²) in [6, 6.07) is 19.3. The smallest absolute Gasteiger partial charge is 0.257 e. The molecule has 32 heavy (non-hydrogen) atoms. The highest BCUT2D eigenvalue weighted by Gasteiger charge is 2.18. The first-order valence-corrected chi connectivity index (χ1v) is 12.8. The predicted octanol–water partition coefficient (Wildman–Crippen LogP) is 6.03. The fourth-order valence-corrected chi connectivity index (χ4v) is 4.88. The second-order valence-electron chi connectivity index (χ2n) is 6.96. The predicted molar refractivity (Wildman–Crippen MR) is 128 cm³/mol. The third kappa shape index (κ3) is 4.95. The number of halogens is 2. The molecular formula is C23H16BrFN2O3S2. The molecule has 1 heterocycles. The van der Waals surface area contributed by atoms with Gasteiger partial charge in [-0.1, -0.05) is 39.4 Å². The summed E-state index contributed by atoms with van der Waals surface area (Å²) < 4.78 is 37.9. The minimum absolute atomic E-state index is 0.206. The topological polar surface area (TPSA) is 76.1 Å². The molecule has 0 atom stereocenters. The molecule has 3 aromatic carbocycles. The van der Waals surface area contributed by atoms with Crippen molar-refractivity contribution in [1.29, 1.82) is 0 Å². The summed E-state index contributed by atoms with van der Waals surface area (Å²) in [6.07, 6.45) is 1.15. The molecule has 162 valence electrons. The number of carbonyl (C=O) groups is 1. The second-order valence-corrected chi connectivity index (χ2v) is 10.9. The van der Waals surface area contributed by atoms with Crippen LogP contribution in [-0.2, 0) is 9.84 Å². The van der Waals surface area contributed by atoms with Crippen LogP contribution in [0.4, 0.5) is 9.52 Å². The Balaban J connectivity index is 1.74. The van der Waals surface area contributed by atoms with Crippen molar-refractivity contribution in [2.45, 2.75) is 4.90 Å². The Morgan fingerprint density at radius 2 is 1.53 bits per heavy atom. The molecule has 0 fully saturated rings. The van der Waals surface area contributed by atoms with Gasteiger partial charge < -0.3 is 0 Å². The van der Waals surface area contributed by atoms with Gasteiger partial charge in [0, 0.05) is 21.9 Å². The van der Waals surface area contributed by atoms with Crippen LogP contribution in [0.3, 0.4) is 0 Å². The monoisotopic (exact) mass is 530 g/mol. The van der Waals surface area contributed by atoms with Crippen LogP contribution in [0.1, 0.15) is 10.4 Å². The van der Waals surface area contributed by atoms with Gasteiger partial charge in [0.25, 0.3) is 5.91 Å². The standard InChI is InChI=1S/C23H16BrFN2O3S2/c1-32(29,30)19-12-6-15(7-13-19)21-20(14-4-10-18(25)11-5-14)26-23(31-21)27-22(28)16-2-8-17(24)9-3-16/h2-13H,1H3,(H,26,27,28). The highest BCUT2D eigenvalue weighted by Crippen LogP contribution is 2.39. The Morgan fingerprint density at radius 1 is 0.938 bits per heavy atom. The van der Waals surface area contributed by atoms with Crippen LogP contribution in [-0.4, -0.2) is 25.6 Å². The quantitative estimate of drug-likeness (QED) is 0.341. The maximum atomic E-state index is 13.4. The third-order valence-electron chi connectivity index (χ3n) is 4.62. The molecular weight excluding hydrogens is 515 g/mol. The molecule has 0 aliphatic carbocycles. The molecule has 0 saturated carbocycles. The van der Waals surface area contributed by atoms with Crippen LogP contribution < -0.4 is 5.32 Å². The lowest BCUT2D eigenvalue weighted by atomic mass is 10.1. The zero-order chi connectivity index (χ0) is 22.9. The van der Waals surface area contributed by atoms with E-state index in [9.17, 15) is 17.6 Å². The first-order chi connectivity index (χ1) is 15.2. The summed E-state index contributed by atoms with van der Waals surface area (Å²) in [6.45, 7) is 0. The van der Waals surface area contributed by atoms with Crippen molar-refractivity contribution < 1.29 is 17.6 Å². The molecule has 0 radical (unpaired) electrons. The minimum Gasteiger partial charge on any atom is -0.298 e. The molecule has 0 unspecified atom stereocenters. The summed E-state index contributed by atoms with van der Waals surface area (Å²) in [5, 5.41) is 3.18. The Hall–Kier alpha value is -2.88. The van der Waals surface area contributed by atoms with Crippen LogP contribution in [0, 0.1) is 5.82 Å². The maximum Gasteiger partial charge on any atom is 0.257 e. The SMILES string of the molecule is CS(=O)(=O)c1ccc(-c2sc(NC(=O)c3ccc(Br)cc3)nc2-c2ccc(F)cc2)cc1. The van der Waals surface area contributed by atoms with Crippen molar-refractivity contribution in [3.05, 3.63) is 88.6 Å². The molecule has 1 amide bonds. The Morgan fingerprint density at radius 3 is 2.12 bits per heavy atom. The van der Waals surface area contributed by atoms with E-state index in [4.69, 9.17) is 0 Å². The van der Waals surface area contributed by atoms with E-state index in [0.717, 1.165) is 21.2 Å². The normalized spacial score (nSPS) is 11.3. The molecule has 1 N–H and O–H groups in total. The number of hydrogen-bond donors (Lipinski definition) is 1. The number of sulfone groups is 1. The first kappa shape index (κ1) is 22.3. The first-order valence-electron chi connectivity index (χ1n) is 9.35. The van der Waals surface area contributed by atoms with E-state index in [-0.39, 0.29) is 16.6 Å². The highest BCUT2D eigenvalue weighted by atomic mass is 79.9. The van der Waals surface area contributed by atoms with Crippen LogP contribution >= 0.6 is 27.3 Å². The van der Waals surface area contributed by atoms with E-state index >= 15 is 0 Å². The summed E-state index contributed by atoms with van der Waals surface area (Å²) >= 11 is 4.60. The summed E-state index contributed by atoms with van der Waals surface area (Å²) in [5.41, 5.74) is 2.45. The van der Waals surface area contributed by atoms with Gasteiger partial charge in [-0.05, 0) is 66.2 Å². The average Bonchev–Trinajstić information content (AvgIpc) is 3.18. The van der Waals surface area contributed by atoms with Crippen molar-refractivity contribution in [2.24, 2.45) is 0 Å². The van der Waals surface area contributed by atoms with Crippen LogP contribution in [0.25, 0.3) is 21.7 Å². The number of carbonyl (C=O) groups excluding carboxylic acids is 1. The van der Waals surface area contributed by atoms with Gasteiger partial charge in [-0.3, -0.25) is 10.1 Å². The summed E-state index contributed by atoms with van der Waals surface area (Å²) in [5.74, 6) is -0.678. The molecule has 1 aromatic heterocycles. The molecule has 5 nitrogen and oxygen atoms in total. The molecule has 4 rings (SSSR count). The van der Waals surface area contributed by atoms with Crippen LogP contribution in [0.15, 0.2) is 82.2 Å². The number of amides is 1. The van der Waals surface area contributed by atoms with Gasteiger partial charge in [0.15, 0.2) is 15.0 Å². The highest BCUT2D eigenvalue weighted by molar-refractivity contribution is 9.10. The molecule has 0 spiro atoms. The Bertz CT molecular complexity index is 1380. The zero-order valence-electron chi connectivity index (χ0n) is 16.7. The van der Waals surface area contributed by atoms with Gasteiger partial charge in [0.2, 0.25) is 0 Å².